The second-order valence-electron chi connectivity index (χ2n) is 7.19. The van der Waals surface area contributed by atoms with Crippen molar-refractivity contribution in [3.8, 4) is 0 Å². The van der Waals surface area contributed by atoms with Crippen molar-refractivity contribution in [3.05, 3.63) is 10.6 Å². The molecule has 0 unspecified atom stereocenters. The standard InChI is InChI=1S/C17H24N2OS/c20-12-14-15(13-4-5-13)18-16(21-14)19-10-8-17(9-11-19)6-2-1-3-7-17/h12-13H,1-11H2. The minimum absolute atomic E-state index is 0.574. The van der Waals surface area contributed by atoms with Gasteiger partial charge in [-0.25, -0.2) is 4.98 Å². The van der Waals surface area contributed by atoms with Gasteiger partial charge in [0.25, 0.3) is 0 Å². The number of anilines is 1. The fraction of sp³-hybridized carbons (Fsp3) is 0.765. The van der Waals surface area contributed by atoms with Crippen molar-refractivity contribution in [2.75, 3.05) is 18.0 Å². The smallest absolute Gasteiger partial charge is 0.186 e. The molecule has 3 aliphatic rings. The molecule has 3 nitrogen and oxygen atoms in total. The minimum atomic E-state index is 0.574. The summed E-state index contributed by atoms with van der Waals surface area (Å²) in [6, 6.07) is 0. The van der Waals surface area contributed by atoms with Crippen LogP contribution in [0.2, 0.25) is 0 Å². The topological polar surface area (TPSA) is 33.2 Å². The van der Waals surface area contributed by atoms with Crippen molar-refractivity contribution in [3.63, 3.8) is 0 Å². The molecule has 1 spiro atoms. The van der Waals surface area contributed by atoms with Gasteiger partial charge in [0.05, 0.1) is 10.6 Å². The summed E-state index contributed by atoms with van der Waals surface area (Å²) < 4.78 is 0. The first-order valence-electron chi connectivity index (χ1n) is 8.51. The van der Waals surface area contributed by atoms with E-state index < -0.39 is 0 Å². The predicted octanol–water partition coefficient (Wildman–Crippen LogP) is 4.38. The maximum atomic E-state index is 11.2. The van der Waals surface area contributed by atoms with Crippen LogP contribution in [0.3, 0.4) is 0 Å². The summed E-state index contributed by atoms with van der Waals surface area (Å²) in [5.74, 6) is 0.574. The lowest BCUT2D eigenvalue weighted by molar-refractivity contribution is 0.112. The number of nitrogens with zero attached hydrogens (tertiary/aromatic N) is 2. The molecular weight excluding hydrogens is 280 g/mol. The number of aldehydes is 1. The van der Waals surface area contributed by atoms with Crippen molar-refractivity contribution >= 4 is 22.8 Å². The maximum absolute atomic E-state index is 11.2. The highest BCUT2D eigenvalue weighted by molar-refractivity contribution is 7.17. The molecule has 2 aliphatic carbocycles. The van der Waals surface area contributed by atoms with Gasteiger partial charge in [0.15, 0.2) is 11.4 Å². The van der Waals surface area contributed by atoms with E-state index >= 15 is 0 Å². The first-order chi connectivity index (χ1) is 10.3. The van der Waals surface area contributed by atoms with E-state index in [1.54, 1.807) is 11.3 Å². The minimum Gasteiger partial charge on any atom is -0.348 e. The quantitative estimate of drug-likeness (QED) is 0.777. The average Bonchev–Trinajstić information content (AvgIpc) is 3.28. The first-order valence-corrected chi connectivity index (χ1v) is 9.32. The van der Waals surface area contributed by atoms with Gasteiger partial charge in [0.1, 0.15) is 0 Å². The maximum Gasteiger partial charge on any atom is 0.186 e. The van der Waals surface area contributed by atoms with Crippen LogP contribution >= 0.6 is 11.3 Å². The molecule has 4 heteroatoms. The van der Waals surface area contributed by atoms with Gasteiger partial charge in [0, 0.05) is 19.0 Å². The molecule has 0 N–H and O–H groups in total. The van der Waals surface area contributed by atoms with Gasteiger partial charge in [-0.05, 0) is 43.9 Å². The fourth-order valence-corrected chi connectivity index (χ4v) is 5.19. The lowest BCUT2D eigenvalue weighted by atomic mass is 9.68. The van der Waals surface area contributed by atoms with Crippen LogP contribution in [-0.2, 0) is 0 Å². The van der Waals surface area contributed by atoms with E-state index in [9.17, 15) is 4.79 Å². The number of carbonyl (C=O) groups is 1. The summed E-state index contributed by atoms with van der Waals surface area (Å²) >= 11 is 1.62. The molecule has 114 valence electrons. The van der Waals surface area contributed by atoms with Gasteiger partial charge >= 0.3 is 0 Å². The van der Waals surface area contributed by atoms with E-state index in [4.69, 9.17) is 4.98 Å². The predicted molar refractivity (Wildman–Crippen MR) is 86.4 cm³/mol. The zero-order chi connectivity index (χ0) is 14.3. The van der Waals surface area contributed by atoms with Gasteiger partial charge in [-0.1, -0.05) is 30.6 Å². The molecule has 3 fully saturated rings. The molecule has 1 saturated heterocycles. The van der Waals surface area contributed by atoms with Crippen LogP contribution in [0.25, 0.3) is 0 Å². The van der Waals surface area contributed by atoms with Crippen molar-refractivity contribution in [2.45, 2.75) is 63.7 Å². The van der Waals surface area contributed by atoms with E-state index in [1.165, 1.54) is 57.8 Å². The number of piperidine rings is 1. The van der Waals surface area contributed by atoms with Gasteiger partial charge in [-0.2, -0.15) is 0 Å². The molecule has 0 bridgehead atoms. The van der Waals surface area contributed by atoms with Crippen LogP contribution < -0.4 is 4.90 Å². The molecule has 0 radical (unpaired) electrons. The highest BCUT2D eigenvalue weighted by atomic mass is 32.1. The summed E-state index contributed by atoms with van der Waals surface area (Å²) in [6.07, 6.45) is 13.3. The summed E-state index contributed by atoms with van der Waals surface area (Å²) in [7, 11) is 0. The molecule has 1 aromatic heterocycles. The summed E-state index contributed by atoms with van der Waals surface area (Å²) in [4.78, 5) is 19.4. The fourth-order valence-electron chi connectivity index (χ4n) is 4.17. The van der Waals surface area contributed by atoms with Crippen LogP contribution in [0, 0.1) is 5.41 Å². The largest absolute Gasteiger partial charge is 0.348 e. The molecule has 1 aliphatic heterocycles. The summed E-state index contributed by atoms with van der Waals surface area (Å²) in [5.41, 5.74) is 1.72. The molecule has 1 aromatic rings. The second-order valence-corrected chi connectivity index (χ2v) is 8.19. The Morgan fingerprint density at radius 3 is 2.43 bits per heavy atom. The van der Waals surface area contributed by atoms with Crippen LogP contribution in [0.4, 0.5) is 5.13 Å². The van der Waals surface area contributed by atoms with Gasteiger partial charge in [0.2, 0.25) is 0 Å². The number of thiazole rings is 1. The number of rotatable bonds is 3. The zero-order valence-electron chi connectivity index (χ0n) is 12.6. The van der Waals surface area contributed by atoms with Gasteiger partial charge < -0.3 is 4.90 Å². The Kier molecular flexibility index (Phi) is 3.52. The Balaban J connectivity index is 1.47. The lowest BCUT2D eigenvalue weighted by Crippen LogP contribution is -2.41. The third kappa shape index (κ3) is 2.63. The van der Waals surface area contributed by atoms with E-state index in [0.29, 0.717) is 11.3 Å². The van der Waals surface area contributed by atoms with E-state index in [0.717, 1.165) is 35.1 Å². The Hall–Kier alpha value is -0.900. The van der Waals surface area contributed by atoms with E-state index in [2.05, 4.69) is 4.90 Å². The molecular formula is C17H24N2OS. The molecule has 2 saturated carbocycles. The summed E-state index contributed by atoms with van der Waals surface area (Å²) in [5, 5.41) is 1.10. The molecule has 0 atom stereocenters. The van der Waals surface area contributed by atoms with Crippen LogP contribution in [0.1, 0.15) is 79.1 Å². The molecule has 4 rings (SSSR count). The Bertz CT molecular complexity index is 519. The number of hydrogen-bond acceptors (Lipinski definition) is 4. The highest BCUT2D eigenvalue weighted by Gasteiger charge is 2.37. The molecule has 2 heterocycles. The Morgan fingerprint density at radius 1 is 1.10 bits per heavy atom. The van der Waals surface area contributed by atoms with E-state index in [1.807, 2.05) is 0 Å². The van der Waals surface area contributed by atoms with E-state index in [-0.39, 0.29) is 0 Å². The average molecular weight is 304 g/mol. The van der Waals surface area contributed by atoms with Crippen molar-refractivity contribution in [2.24, 2.45) is 5.41 Å². The third-order valence-electron chi connectivity index (χ3n) is 5.75. The Labute approximate surface area is 130 Å². The van der Waals surface area contributed by atoms with Crippen LogP contribution in [-0.4, -0.2) is 24.4 Å². The van der Waals surface area contributed by atoms with Gasteiger partial charge in [-0.3, -0.25) is 4.79 Å². The molecule has 21 heavy (non-hydrogen) atoms. The van der Waals surface area contributed by atoms with Crippen LogP contribution in [0.15, 0.2) is 0 Å². The molecule has 0 amide bonds. The van der Waals surface area contributed by atoms with Crippen LogP contribution in [0.5, 0.6) is 0 Å². The number of hydrogen-bond donors (Lipinski definition) is 0. The number of aromatic nitrogens is 1. The van der Waals surface area contributed by atoms with Gasteiger partial charge in [-0.15, -0.1) is 0 Å². The van der Waals surface area contributed by atoms with Crippen molar-refractivity contribution in [1.82, 2.24) is 4.98 Å². The summed E-state index contributed by atoms with van der Waals surface area (Å²) in [6.45, 7) is 2.27. The number of carbonyl (C=O) groups excluding carboxylic acids is 1. The monoisotopic (exact) mass is 304 g/mol. The first kappa shape index (κ1) is 13.7. The van der Waals surface area contributed by atoms with Crippen molar-refractivity contribution < 1.29 is 4.79 Å². The Morgan fingerprint density at radius 2 is 1.81 bits per heavy atom. The highest BCUT2D eigenvalue weighted by Crippen LogP contribution is 2.47. The van der Waals surface area contributed by atoms with Crippen molar-refractivity contribution in [1.29, 1.82) is 0 Å². The zero-order valence-corrected chi connectivity index (χ0v) is 13.5. The molecule has 0 aromatic carbocycles. The lowest BCUT2D eigenvalue weighted by Gasteiger charge is -2.44. The third-order valence-corrected chi connectivity index (χ3v) is 6.81. The normalized spacial score (nSPS) is 25.2. The SMILES string of the molecule is O=Cc1sc(N2CCC3(CCCCC3)CC2)nc1C1CC1. The second kappa shape index (κ2) is 5.38.